The molecule has 0 saturated carbocycles. The van der Waals surface area contributed by atoms with Crippen LogP contribution in [0.25, 0.3) is 0 Å². The van der Waals surface area contributed by atoms with Gasteiger partial charge in [0.15, 0.2) is 0 Å². The van der Waals surface area contributed by atoms with Gasteiger partial charge < -0.3 is 5.32 Å². The van der Waals surface area contributed by atoms with E-state index in [1.165, 1.54) is 12.6 Å². The van der Waals surface area contributed by atoms with E-state index in [0.29, 0.717) is 5.92 Å². The number of hydrogen-bond acceptors (Lipinski definition) is 3. The molecule has 0 bridgehead atoms. The Kier molecular flexibility index (Phi) is 7.42. The summed E-state index contributed by atoms with van der Waals surface area (Å²) < 4.78 is 23.9. The Labute approximate surface area is 146 Å². The predicted octanol–water partition coefficient (Wildman–Crippen LogP) is 2.90. The van der Waals surface area contributed by atoms with Crippen LogP contribution < -0.4 is 5.32 Å². The molecule has 24 heavy (non-hydrogen) atoms. The first-order valence-electron chi connectivity index (χ1n) is 8.36. The first kappa shape index (κ1) is 20.6. The summed E-state index contributed by atoms with van der Waals surface area (Å²) in [5, 5.41) is 2.95. The number of benzene rings is 1. The second kappa shape index (κ2) is 8.62. The van der Waals surface area contributed by atoms with Crippen molar-refractivity contribution in [3.05, 3.63) is 35.4 Å². The Hall–Kier alpha value is -1.40. The van der Waals surface area contributed by atoms with Crippen molar-refractivity contribution in [1.82, 2.24) is 9.62 Å². The molecule has 0 unspecified atom stereocenters. The van der Waals surface area contributed by atoms with Gasteiger partial charge in [0.05, 0.1) is 18.8 Å². The van der Waals surface area contributed by atoms with Crippen LogP contribution in [0, 0.1) is 5.92 Å². The molecule has 1 rings (SSSR count). The molecule has 1 amide bonds. The van der Waals surface area contributed by atoms with E-state index < -0.39 is 10.0 Å². The maximum absolute atomic E-state index is 12.2. The molecule has 6 heteroatoms. The number of rotatable bonds is 8. The van der Waals surface area contributed by atoms with Crippen molar-refractivity contribution < 1.29 is 13.2 Å². The average molecular weight is 355 g/mol. The maximum Gasteiger partial charge on any atom is 0.235 e. The van der Waals surface area contributed by atoms with Crippen LogP contribution in [0.2, 0.25) is 0 Å². The molecule has 1 aromatic carbocycles. The number of carbonyl (C=O) groups excluding carboxylic acids is 1. The highest BCUT2D eigenvalue weighted by molar-refractivity contribution is 7.88. The fraction of sp³-hybridized carbons (Fsp3) is 0.611. The lowest BCUT2D eigenvalue weighted by Gasteiger charge is -2.24. The minimum Gasteiger partial charge on any atom is -0.348 e. The summed E-state index contributed by atoms with van der Waals surface area (Å²) in [5.41, 5.74) is 2.32. The smallest absolute Gasteiger partial charge is 0.235 e. The Morgan fingerprint density at radius 2 is 1.62 bits per heavy atom. The van der Waals surface area contributed by atoms with Crippen LogP contribution >= 0.6 is 0 Å². The van der Waals surface area contributed by atoms with E-state index in [4.69, 9.17) is 0 Å². The first-order valence-corrected chi connectivity index (χ1v) is 10.2. The van der Waals surface area contributed by atoms with Gasteiger partial charge in [0, 0.05) is 7.05 Å². The molecular weight excluding hydrogens is 324 g/mol. The average Bonchev–Trinajstić information content (AvgIpc) is 2.50. The molecule has 1 aromatic rings. The molecule has 0 saturated heterocycles. The van der Waals surface area contributed by atoms with Crippen molar-refractivity contribution in [3.63, 3.8) is 0 Å². The lowest BCUT2D eigenvalue weighted by Crippen LogP contribution is -2.40. The molecule has 0 radical (unpaired) electrons. The SMILES string of the molecule is CC[C@@H](C)c1ccc([C@@H](NC(=O)CN(C)S(C)(=O)=O)C(C)C)cc1. The number of amides is 1. The third-order valence-corrected chi connectivity index (χ3v) is 5.65. The maximum atomic E-state index is 12.2. The van der Waals surface area contributed by atoms with Gasteiger partial charge in [-0.3, -0.25) is 4.79 Å². The highest BCUT2D eigenvalue weighted by Gasteiger charge is 2.21. The van der Waals surface area contributed by atoms with Gasteiger partial charge in [-0.2, -0.15) is 4.31 Å². The van der Waals surface area contributed by atoms with Gasteiger partial charge in [-0.25, -0.2) is 8.42 Å². The molecule has 5 nitrogen and oxygen atoms in total. The van der Waals surface area contributed by atoms with Crippen LogP contribution in [0.15, 0.2) is 24.3 Å². The van der Waals surface area contributed by atoms with Gasteiger partial charge >= 0.3 is 0 Å². The number of carbonyl (C=O) groups is 1. The molecular formula is C18H30N2O3S. The molecule has 1 N–H and O–H groups in total. The van der Waals surface area contributed by atoms with E-state index in [-0.39, 0.29) is 24.4 Å². The molecule has 0 fully saturated rings. The van der Waals surface area contributed by atoms with Crippen molar-refractivity contribution in [2.24, 2.45) is 5.92 Å². The topological polar surface area (TPSA) is 66.5 Å². The lowest BCUT2D eigenvalue weighted by atomic mass is 9.92. The summed E-state index contributed by atoms with van der Waals surface area (Å²) in [6, 6.07) is 8.16. The zero-order valence-corrected chi connectivity index (χ0v) is 16.4. The molecule has 136 valence electrons. The predicted molar refractivity (Wildman–Crippen MR) is 98.3 cm³/mol. The Morgan fingerprint density at radius 1 is 1.12 bits per heavy atom. The number of nitrogens with zero attached hydrogens (tertiary/aromatic N) is 1. The Balaban J connectivity index is 2.86. The van der Waals surface area contributed by atoms with Crippen LogP contribution in [0.4, 0.5) is 0 Å². The van der Waals surface area contributed by atoms with E-state index in [1.807, 2.05) is 26.0 Å². The van der Waals surface area contributed by atoms with Gasteiger partial charge in [0.1, 0.15) is 0 Å². The standard InChI is InChI=1S/C18H30N2O3S/c1-7-14(4)15-8-10-16(11-9-15)18(13(2)3)19-17(21)12-20(5)24(6,22)23/h8-11,13-14,18H,7,12H2,1-6H3,(H,19,21)/t14-,18+/m1/s1. The summed E-state index contributed by atoms with van der Waals surface area (Å²) in [6.07, 6.45) is 2.18. The molecule has 0 spiro atoms. The van der Waals surface area contributed by atoms with E-state index in [0.717, 1.165) is 22.5 Å². The van der Waals surface area contributed by atoms with Gasteiger partial charge in [-0.15, -0.1) is 0 Å². The van der Waals surface area contributed by atoms with Crippen LogP contribution in [-0.2, 0) is 14.8 Å². The minimum absolute atomic E-state index is 0.142. The summed E-state index contributed by atoms with van der Waals surface area (Å²) >= 11 is 0. The Bertz CT molecular complexity index is 639. The molecule has 0 aliphatic heterocycles. The van der Waals surface area contributed by atoms with Crippen molar-refractivity contribution >= 4 is 15.9 Å². The summed E-state index contributed by atoms with van der Waals surface area (Å²) in [4.78, 5) is 12.2. The molecule has 2 atom stereocenters. The zero-order chi connectivity index (χ0) is 18.5. The van der Waals surface area contributed by atoms with Gasteiger partial charge in [-0.1, -0.05) is 52.0 Å². The van der Waals surface area contributed by atoms with E-state index in [2.05, 4.69) is 31.3 Å². The second-order valence-electron chi connectivity index (χ2n) is 6.78. The van der Waals surface area contributed by atoms with Gasteiger partial charge in [0.25, 0.3) is 0 Å². The first-order chi connectivity index (χ1) is 11.1. The zero-order valence-electron chi connectivity index (χ0n) is 15.5. The highest BCUT2D eigenvalue weighted by Crippen LogP contribution is 2.25. The fourth-order valence-electron chi connectivity index (χ4n) is 2.44. The van der Waals surface area contributed by atoms with Gasteiger partial charge in [-0.05, 0) is 29.4 Å². The molecule has 0 aromatic heterocycles. The normalized spacial score (nSPS) is 14.7. The van der Waals surface area contributed by atoms with Crippen molar-refractivity contribution in [1.29, 1.82) is 0 Å². The minimum atomic E-state index is -3.36. The third-order valence-electron chi connectivity index (χ3n) is 4.39. The van der Waals surface area contributed by atoms with Crippen molar-refractivity contribution in [3.8, 4) is 0 Å². The monoisotopic (exact) mass is 354 g/mol. The Morgan fingerprint density at radius 3 is 2.04 bits per heavy atom. The molecule has 0 heterocycles. The van der Waals surface area contributed by atoms with Gasteiger partial charge in [0.2, 0.25) is 15.9 Å². The van der Waals surface area contributed by atoms with Crippen LogP contribution in [0.3, 0.4) is 0 Å². The summed E-state index contributed by atoms with van der Waals surface area (Å²) in [6.45, 7) is 8.25. The second-order valence-corrected chi connectivity index (χ2v) is 8.87. The number of likely N-dealkylation sites (N-methyl/N-ethyl adjacent to an activating group) is 1. The van der Waals surface area contributed by atoms with Crippen LogP contribution in [0.5, 0.6) is 0 Å². The molecule has 0 aliphatic rings. The van der Waals surface area contributed by atoms with Crippen LogP contribution in [-0.4, -0.2) is 38.5 Å². The summed E-state index contributed by atoms with van der Waals surface area (Å²) in [7, 11) is -1.96. The lowest BCUT2D eigenvalue weighted by molar-refractivity contribution is -0.122. The van der Waals surface area contributed by atoms with E-state index >= 15 is 0 Å². The van der Waals surface area contributed by atoms with Crippen molar-refractivity contribution in [2.75, 3.05) is 19.8 Å². The number of sulfonamides is 1. The third kappa shape index (κ3) is 5.91. The number of hydrogen-bond donors (Lipinski definition) is 1. The molecule has 0 aliphatic carbocycles. The highest BCUT2D eigenvalue weighted by atomic mass is 32.2. The van der Waals surface area contributed by atoms with Crippen molar-refractivity contribution in [2.45, 2.75) is 46.1 Å². The van der Waals surface area contributed by atoms with E-state index in [1.54, 1.807) is 0 Å². The van der Waals surface area contributed by atoms with E-state index in [9.17, 15) is 13.2 Å². The number of nitrogens with one attached hydrogen (secondary N) is 1. The fourth-order valence-corrected chi connectivity index (χ4v) is 2.79. The summed E-state index contributed by atoms with van der Waals surface area (Å²) in [5.74, 6) is 0.411. The quantitative estimate of drug-likeness (QED) is 0.780. The van der Waals surface area contributed by atoms with Crippen LogP contribution in [0.1, 0.15) is 57.2 Å². The largest absolute Gasteiger partial charge is 0.348 e.